The minimum Gasteiger partial charge on any atom is -0.348 e. The molecule has 0 amide bonds. The molecule has 0 saturated carbocycles. The Labute approximate surface area is 150 Å². The summed E-state index contributed by atoms with van der Waals surface area (Å²) in [4.78, 5) is 14.0. The van der Waals surface area contributed by atoms with E-state index < -0.39 is 17.7 Å². The number of nitrogens with zero attached hydrogens (tertiary/aromatic N) is 4. The lowest BCUT2D eigenvalue weighted by Crippen LogP contribution is -2.37. The summed E-state index contributed by atoms with van der Waals surface area (Å²) in [5, 5.41) is 0. The first-order chi connectivity index (χ1) is 12.7. The van der Waals surface area contributed by atoms with Gasteiger partial charge in [-0.3, -0.25) is 4.90 Å². The molecule has 1 aliphatic heterocycles. The molecule has 0 bridgehead atoms. The van der Waals surface area contributed by atoms with Crippen LogP contribution in [-0.4, -0.2) is 31.0 Å². The number of H-pyrrole nitrogens is 1. The summed E-state index contributed by atoms with van der Waals surface area (Å²) in [7, 11) is 0. The molecular weight excluding hydrogens is 336 g/mol. The summed E-state index contributed by atoms with van der Waals surface area (Å²) in [5.41, 5.74) is 1.67. The van der Waals surface area contributed by atoms with E-state index in [2.05, 4.69) is 31.3 Å². The third kappa shape index (κ3) is 2.92. The van der Waals surface area contributed by atoms with E-state index in [1.54, 1.807) is 12.5 Å². The fourth-order valence-corrected chi connectivity index (χ4v) is 3.70. The normalized spacial score (nSPS) is 17.4. The van der Waals surface area contributed by atoms with Gasteiger partial charge in [0.1, 0.15) is 17.5 Å². The van der Waals surface area contributed by atoms with Crippen molar-refractivity contribution in [3.05, 3.63) is 71.3 Å². The number of hydrogen-bond donors (Lipinski definition) is 1. The fraction of sp³-hybridized carbons (Fsp3) is 0.368. The summed E-state index contributed by atoms with van der Waals surface area (Å²) < 4.78 is 31.2. The molecule has 3 aromatic rings. The van der Waals surface area contributed by atoms with E-state index >= 15 is 0 Å². The van der Waals surface area contributed by atoms with Gasteiger partial charge in [-0.1, -0.05) is 13.0 Å². The van der Waals surface area contributed by atoms with E-state index in [1.165, 1.54) is 18.2 Å². The Morgan fingerprint density at radius 3 is 2.81 bits per heavy atom. The average molecular weight is 357 g/mol. The molecule has 136 valence electrons. The second kappa shape index (κ2) is 6.99. The van der Waals surface area contributed by atoms with E-state index in [-0.39, 0.29) is 5.56 Å². The molecule has 0 fully saturated rings. The highest BCUT2D eigenvalue weighted by Gasteiger charge is 2.35. The lowest BCUT2D eigenvalue weighted by molar-refractivity contribution is 0.185. The van der Waals surface area contributed by atoms with Gasteiger partial charge in [0.25, 0.3) is 0 Å². The van der Waals surface area contributed by atoms with Crippen molar-refractivity contribution in [3.8, 4) is 0 Å². The predicted octanol–water partition coefficient (Wildman–Crippen LogP) is 3.44. The van der Waals surface area contributed by atoms with Crippen LogP contribution in [0.5, 0.6) is 0 Å². The van der Waals surface area contributed by atoms with Crippen LogP contribution >= 0.6 is 0 Å². The van der Waals surface area contributed by atoms with Gasteiger partial charge in [0.2, 0.25) is 0 Å². The Morgan fingerprint density at radius 1 is 1.23 bits per heavy atom. The molecule has 1 aliphatic rings. The van der Waals surface area contributed by atoms with Crippen molar-refractivity contribution in [1.82, 2.24) is 24.4 Å². The maximum absolute atomic E-state index is 14.6. The summed E-state index contributed by atoms with van der Waals surface area (Å²) in [5.74, 6) is -0.201. The summed E-state index contributed by atoms with van der Waals surface area (Å²) >= 11 is 0. The summed E-state index contributed by atoms with van der Waals surface area (Å²) in [6, 6.07) is 3.42. The number of halogens is 2. The van der Waals surface area contributed by atoms with Crippen LogP contribution in [0, 0.1) is 11.6 Å². The largest absolute Gasteiger partial charge is 0.348 e. The summed E-state index contributed by atoms with van der Waals surface area (Å²) in [6.45, 7) is 4.16. The van der Waals surface area contributed by atoms with Crippen molar-refractivity contribution in [1.29, 1.82) is 0 Å². The first-order valence-corrected chi connectivity index (χ1v) is 8.89. The Bertz CT molecular complexity index is 881. The lowest BCUT2D eigenvalue weighted by atomic mass is 9.94. The van der Waals surface area contributed by atoms with Crippen LogP contribution in [0.4, 0.5) is 8.78 Å². The number of rotatable bonds is 5. The van der Waals surface area contributed by atoms with Crippen molar-refractivity contribution in [2.45, 2.75) is 38.9 Å². The molecule has 4 rings (SSSR count). The molecular formula is C19H21F2N5. The SMILES string of the molecule is CCCn1ccnc1CN1CCc2[nH]cnc2[C@H]1c1c(F)cccc1F. The van der Waals surface area contributed by atoms with Crippen molar-refractivity contribution in [2.75, 3.05) is 6.54 Å². The smallest absolute Gasteiger partial charge is 0.131 e. The molecule has 3 heterocycles. The van der Waals surface area contributed by atoms with Crippen LogP contribution in [0.25, 0.3) is 0 Å². The Hall–Kier alpha value is -2.54. The monoisotopic (exact) mass is 357 g/mol. The number of hydrogen-bond acceptors (Lipinski definition) is 3. The lowest BCUT2D eigenvalue weighted by Gasteiger charge is -2.35. The molecule has 2 aromatic heterocycles. The number of nitrogens with one attached hydrogen (secondary N) is 1. The number of aromatic nitrogens is 4. The van der Waals surface area contributed by atoms with Crippen molar-refractivity contribution in [2.24, 2.45) is 0 Å². The van der Waals surface area contributed by atoms with Crippen LogP contribution in [0.2, 0.25) is 0 Å². The molecule has 5 nitrogen and oxygen atoms in total. The van der Waals surface area contributed by atoms with Crippen LogP contribution in [0.1, 0.15) is 42.2 Å². The van der Waals surface area contributed by atoms with Gasteiger partial charge >= 0.3 is 0 Å². The van der Waals surface area contributed by atoms with Gasteiger partial charge in [-0.2, -0.15) is 0 Å². The molecule has 0 aliphatic carbocycles. The van der Waals surface area contributed by atoms with E-state index in [1.807, 2.05) is 6.20 Å². The zero-order valence-corrected chi connectivity index (χ0v) is 14.6. The topological polar surface area (TPSA) is 49.7 Å². The average Bonchev–Trinajstić information content (AvgIpc) is 3.26. The second-order valence-corrected chi connectivity index (χ2v) is 6.56. The van der Waals surface area contributed by atoms with Crippen molar-refractivity contribution in [3.63, 3.8) is 0 Å². The van der Waals surface area contributed by atoms with E-state index in [4.69, 9.17) is 0 Å². The number of fused-ring (bicyclic) bond motifs is 1. The third-order valence-corrected chi connectivity index (χ3v) is 4.91. The van der Waals surface area contributed by atoms with Crippen LogP contribution in [0.3, 0.4) is 0 Å². The van der Waals surface area contributed by atoms with Gasteiger partial charge in [0, 0.05) is 43.2 Å². The molecule has 0 saturated heterocycles. The second-order valence-electron chi connectivity index (χ2n) is 6.56. The molecule has 7 heteroatoms. The van der Waals surface area contributed by atoms with Gasteiger partial charge in [-0.15, -0.1) is 0 Å². The molecule has 1 aromatic carbocycles. The first kappa shape index (κ1) is 16.9. The Kier molecular flexibility index (Phi) is 4.55. The van der Waals surface area contributed by atoms with E-state index in [0.29, 0.717) is 18.8 Å². The predicted molar refractivity (Wildman–Crippen MR) is 93.4 cm³/mol. The minimum absolute atomic E-state index is 0.0501. The molecule has 1 N–H and O–H groups in total. The molecule has 26 heavy (non-hydrogen) atoms. The van der Waals surface area contributed by atoms with Gasteiger partial charge in [-0.25, -0.2) is 18.7 Å². The Balaban J connectivity index is 1.75. The van der Waals surface area contributed by atoms with Crippen LogP contribution in [0.15, 0.2) is 36.9 Å². The minimum atomic E-state index is -0.571. The fourth-order valence-electron chi connectivity index (χ4n) is 3.70. The molecule has 1 atom stereocenters. The third-order valence-electron chi connectivity index (χ3n) is 4.91. The molecule has 0 radical (unpaired) electrons. The van der Waals surface area contributed by atoms with Crippen LogP contribution in [-0.2, 0) is 19.5 Å². The van der Waals surface area contributed by atoms with Crippen LogP contribution < -0.4 is 0 Å². The first-order valence-electron chi connectivity index (χ1n) is 8.89. The maximum Gasteiger partial charge on any atom is 0.131 e. The Morgan fingerprint density at radius 2 is 2.04 bits per heavy atom. The zero-order chi connectivity index (χ0) is 18.1. The number of imidazole rings is 2. The van der Waals surface area contributed by atoms with Crippen molar-refractivity contribution >= 4 is 0 Å². The van der Waals surface area contributed by atoms with Crippen molar-refractivity contribution < 1.29 is 8.78 Å². The number of benzene rings is 1. The van der Waals surface area contributed by atoms with E-state index in [0.717, 1.165) is 30.9 Å². The highest BCUT2D eigenvalue weighted by molar-refractivity contribution is 5.34. The standard InChI is InChI=1S/C19H21F2N5/c1-2-8-25-10-7-22-16(25)11-26-9-6-15-18(24-12-23-15)19(26)17-13(20)4-3-5-14(17)21/h3-5,7,10,12,19H,2,6,8-9,11H2,1H3,(H,23,24)/t19-/m1/s1. The van der Waals surface area contributed by atoms with Gasteiger partial charge in [0.05, 0.1) is 24.6 Å². The maximum atomic E-state index is 14.6. The number of aryl methyl sites for hydroxylation is 1. The molecule has 0 spiro atoms. The van der Waals surface area contributed by atoms with Gasteiger partial charge in [0.15, 0.2) is 0 Å². The highest BCUT2D eigenvalue weighted by atomic mass is 19.1. The zero-order valence-electron chi connectivity index (χ0n) is 14.6. The number of aromatic amines is 1. The quantitative estimate of drug-likeness (QED) is 0.761. The highest BCUT2D eigenvalue weighted by Crippen LogP contribution is 2.36. The summed E-state index contributed by atoms with van der Waals surface area (Å²) in [6.07, 6.45) is 7.07. The van der Waals surface area contributed by atoms with E-state index in [9.17, 15) is 8.78 Å². The molecule has 0 unspecified atom stereocenters. The van der Waals surface area contributed by atoms with Gasteiger partial charge < -0.3 is 9.55 Å². The van der Waals surface area contributed by atoms with Gasteiger partial charge in [-0.05, 0) is 18.6 Å².